The lowest BCUT2D eigenvalue weighted by Crippen LogP contribution is -2.18. The van der Waals surface area contributed by atoms with Gasteiger partial charge >= 0.3 is 0 Å². The number of aryl methyl sites for hydroxylation is 1. The molecule has 108 valence electrons. The van der Waals surface area contributed by atoms with Crippen LogP contribution in [-0.4, -0.2) is 16.7 Å². The van der Waals surface area contributed by atoms with Crippen molar-refractivity contribution in [2.45, 2.75) is 59.3 Å². The van der Waals surface area contributed by atoms with E-state index in [0.717, 1.165) is 30.6 Å². The van der Waals surface area contributed by atoms with Gasteiger partial charge in [-0.1, -0.05) is 27.2 Å². The van der Waals surface area contributed by atoms with E-state index in [9.17, 15) is 5.26 Å². The lowest BCUT2D eigenvalue weighted by molar-refractivity contribution is 0.484. The zero-order valence-electron chi connectivity index (χ0n) is 12.8. The van der Waals surface area contributed by atoms with Crippen LogP contribution in [0.3, 0.4) is 0 Å². The molecule has 1 saturated carbocycles. The molecule has 0 bridgehead atoms. The van der Waals surface area contributed by atoms with Gasteiger partial charge in [0.1, 0.15) is 11.6 Å². The second-order valence-electron chi connectivity index (χ2n) is 5.77. The molecule has 1 aliphatic carbocycles. The van der Waals surface area contributed by atoms with Gasteiger partial charge in [-0.05, 0) is 43.1 Å². The van der Waals surface area contributed by atoms with Crippen LogP contribution in [0.25, 0.3) is 0 Å². The smallest absolute Gasteiger partial charge is 0.166 e. The average molecular weight is 272 g/mol. The Morgan fingerprint density at radius 1 is 1.20 bits per heavy atom. The number of nitrogens with zero attached hydrogens (tertiary/aromatic N) is 3. The molecule has 1 aromatic rings. The third-order valence-corrected chi connectivity index (χ3v) is 4.33. The van der Waals surface area contributed by atoms with Crippen LogP contribution >= 0.6 is 0 Å². The fourth-order valence-electron chi connectivity index (χ4n) is 2.91. The molecule has 4 heteroatoms. The van der Waals surface area contributed by atoms with Gasteiger partial charge in [0.2, 0.25) is 0 Å². The number of aromatic nitrogens is 2. The summed E-state index contributed by atoms with van der Waals surface area (Å²) in [6, 6.07) is 2.31. The molecule has 0 aromatic carbocycles. The second-order valence-corrected chi connectivity index (χ2v) is 5.77. The molecule has 0 spiro atoms. The first-order valence-electron chi connectivity index (χ1n) is 7.72. The van der Waals surface area contributed by atoms with E-state index in [4.69, 9.17) is 0 Å². The van der Waals surface area contributed by atoms with Crippen molar-refractivity contribution < 1.29 is 0 Å². The monoisotopic (exact) mass is 272 g/mol. The van der Waals surface area contributed by atoms with E-state index in [0.29, 0.717) is 16.8 Å². The largest absolute Gasteiger partial charge is 0.367 e. The molecular weight excluding hydrogens is 248 g/mol. The zero-order valence-corrected chi connectivity index (χ0v) is 12.8. The van der Waals surface area contributed by atoms with Crippen LogP contribution < -0.4 is 5.32 Å². The Balaban J connectivity index is 2.18. The normalized spacial score (nSPS) is 15.7. The summed E-state index contributed by atoms with van der Waals surface area (Å²) >= 11 is 0. The van der Waals surface area contributed by atoms with E-state index in [-0.39, 0.29) is 0 Å². The van der Waals surface area contributed by atoms with Gasteiger partial charge in [-0.25, -0.2) is 0 Å². The van der Waals surface area contributed by atoms with E-state index in [1.165, 1.54) is 25.7 Å². The molecule has 4 nitrogen and oxygen atoms in total. The van der Waals surface area contributed by atoms with E-state index >= 15 is 0 Å². The summed E-state index contributed by atoms with van der Waals surface area (Å²) in [4.78, 5) is 0. The molecule has 1 fully saturated rings. The lowest BCUT2D eigenvalue weighted by Gasteiger charge is -2.17. The molecule has 0 unspecified atom stereocenters. The molecule has 0 saturated heterocycles. The van der Waals surface area contributed by atoms with Gasteiger partial charge in [0, 0.05) is 6.54 Å². The molecule has 1 heterocycles. The van der Waals surface area contributed by atoms with E-state index in [1.54, 1.807) is 0 Å². The van der Waals surface area contributed by atoms with Crippen molar-refractivity contribution in [1.29, 1.82) is 5.26 Å². The molecule has 0 aliphatic heterocycles. The highest BCUT2D eigenvalue weighted by Gasteiger charge is 2.41. The number of anilines is 1. The summed E-state index contributed by atoms with van der Waals surface area (Å²) < 4.78 is 0. The first kappa shape index (κ1) is 14.8. The molecule has 20 heavy (non-hydrogen) atoms. The summed E-state index contributed by atoms with van der Waals surface area (Å²) in [7, 11) is 0. The van der Waals surface area contributed by atoms with Crippen molar-refractivity contribution in [1.82, 2.24) is 10.2 Å². The van der Waals surface area contributed by atoms with Crippen LogP contribution in [0.2, 0.25) is 0 Å². The summed E-state index contributed by atoms with van der Waals surface area (Å²) in [6.45, 7) is 7.27. The topological polar surface area (TPSA) is 61.6 Å². The predicted molar refractivity (Wildman–Crippen MR) is 80.6 cm³/mol. The highest BCUT2D eigenvalue weighted by Crippen LogP contribution is 2.49. The van der Waals surface area contributed by atoms with Crippen molar-refractivity contribution >= 4 is 5.82 Å². The van der Waals surface area contributed by atoms with Gasteiger partial charge in [0.15, 0.2) is 5.82 Å². The summed E-state index contributed by atoms with van der Waals surface area (Å²) in [5, 5.41) is 21.3. The fraction of sp³-hybridized carbons (Fsp3) is 0.688. The molecule has 0 radical (unpaired) electrons. The standard InChI is InChI=1S/C16H24N4/c1-4-7-16(8-9-16)11-18-15-13(10-17)12(5-2)14(6-3)19-20-15/h4-9,11H2,1-3H3,(H,18,20). The summed E-state index contributed by atoms with van der Waals surface area (Å²) in [6.07, 6.45) is 6.70. The fourth-order valence-corrected chi connectivity index (χ4v) is 2.91. The minimum atomic E-state index is 0.443. The van der Waals surface area contributed by atoms with Crippen LogP contribution in [0.4, 0.5) is 5.82 Å². The van der Waals surface area contributed by atoms with Crippen LogP contribution in [0.5, 0.6) is 0 Å². The third-order valence-electron chi connectivity index (χ3n) is 4.33. The van der Waals surface area contributed by atoms with E-state index in [2.05, 4.69) is 42.4 Å². The SMILES string of the molecule is CCCC1(CNc2nnc(CC)c(CC)c2C#N)CC1. The quantitative estimate of drug-likeness (QED) is 0.825. The van der Waals surface area contributed by atoms with Crippen molar-refractivity contribution in [3.05, 3.63) is 16.8 Å². The minimum absolute atomic E-state index is 0.443. The maximum absolute atomic E-state index is 9.44. The maximum atomic E-state index is 9.44. The summed E-state index contributed by atoms with van der Waals surface area (Å²) in [5.74, 6) is 0.670. The summed E-state index contributed by atoms with van der Waals surface area (Å²) in [5.41, 5.74) is 3.13. The molecule has 0 amide bonds. The average Bonchev–Trinajstić information content (AvgIpc) is 3.24. The maximum Gasteiger partial charge on any atom is 0.166 e. The van der Waals surface area contributed by atoms with E-state index in [1.807, 2.05) is 0 Å². The van der Waals surface area contributed by atoms with Gasteiger partial charge in [-0.2, -0.15) is 10.4 Å². The van der Waals surface area contributed by atoms with E-state index < -0.39 is 0 Å². The molecule has 1 aliphatic rings. The van der Waals surface area contributed by atoms with Crippen molar-refractivity contribution in [2.75, 3.05) is 11.9 Å². The van der Waals surface area contributed by atoms with Gasteiger partial charge < -0.3 is 5.32 Å². The van der Waals surface area contributed by atoms with Gasteiger partial charge in [0.05, 0.1) is 5.69 Å². The Kier molecular flexibility index (Phi) is 4.59. The Morgan fingerprint density at radius 2 is 1.95 bits per heavy atom. The second kappa shape index (κ2) is 6.21. The molecule has 1 aromatic heterocycles. The Labute approximate surface area is 121 Å². The number of rotatable bonds is 7. The highest BCUT2D eigenvalue weighted by molar-refractivity contribution is 5.56. The molecule has 0 atom stereocenters. The molecule has 2 rings (SSSR count). The van der Waals surface area contributed by atoms with Crippen LogP contribution in [0.15, 0.2) is 0 Å². The first-order valence-corrected chi connectivity index (χ1v) is 7.72. The lowest BCUT2D eigenvalue weighted by atomic mass is 10.00. The predicted octanol–water partition coefficient (Wildman–Crippen LogP) is 3.47. The number of nitrogens with one attached hydrogen (secondary N) is 1. The number of nitriles is 1. The zero-order chi connectivity index (χ0) is 14.6. The number of hydrogen-bond acceptors (Lipinski definition) is 4. The van der Waals surface area contributed by atoms with Gasteiger partial charge in [0.25, 0.3) is 0 Å². The van der Waals surface area contributed by atoms with Gasteiger partial charge in [-0.3, -0.25) is 0 Å². The first-order chi connectivity index (χ1) is 9.69. The molecule has 1 N–H and O–H groups in total. The van der Waals surface area contributed by atoms with Crippen LogP contribution in [0.1, 0.15) is 63.3 Å². The van der Waals surface area contributed by atoms with Crippen molar-refractivity contribution in [3.8, 4) is 6.07 Å². The van der Waals surface area contributed by atoms with Gasteiger partial charge in [-0.15, -0.1) is 5.10 Å². The number of hydrogen-bond donors (Lipinski definition) is 1. The molecular formula is C16H24N4. The Bertz CT molecular complexity index is 512. The highest BCUT2D eigenvalue weighted by atomic mass is 15.2. The third kappa shape index (κ3) is 2.92. The van der Waals surface area contributed by atoms with Crippen LogP contribution in [-0.2, 0) is 12.8 Å². The van der Waals surface area contributed by atoms with Crippen molar-refractivity contribution in [3.63, 3.8) is 0 Å². The van der Waals surface area contributed by atoms with Crippen molar-refractivity contribution in [2.24, 2.45) is 5.41 Å². The Morgan fingerprint density at radius 3 is 2.45 bits per heavy atom. The minimum Gasteiger partial charge on any atom is -0.367 e. The Hall–Kier alpha value is -1.63. The van der Waals surface area contributed by atoms with Crippen LogP contribution in [0, 0.1) is 16.7 Å².